The van der Waals surface area contributed by atoms with Gasteiger partial charge in [0, 0.05) is 12.1 Å². The van der Waals surface area contributed by atoms with Crippen LogP contribution in [0.1, 0.15) is 31.2 Å². The molecule has 2 N–H and O–H groups in total. The lowest BCUT2D eigenvalue weighted by atomic mass is 9.91. The van der Waals surface area contributed by atoms with Gasteiger partial charge >= 0.3 is 0 Å². The van der Waals surface area contributed by atoms with Gasteiger partial charge in [-0.05, 0) is 44.7 Å². The normalized spacial score (nSPS) is 16.6. The Labute approximate surface area is 136 Å². The van der Waals surface area contributed by atoms with Gasteiger partial charge < -0.3 is 15.3 Å². The Morgan fingerprint density at radius 3 is 2.45 bits per heavy atom. The molecule has 0 spiro atoms. The molecule has 7 heteroatoms. The van der Waals surface area contributed by atoms with Crippen LogP contribution in [0.5, 0.6) is 5.75 Å². The second kappa shape index (κ2) is 7.88. The first-order valence-electron chi connectivity index (χ1n) is 7.38. The van der Waals surface area contributed by atoms with Gasteiger partial charge in [0.2, 0.25) is 0 Å². The Hall–Kier alpha value is -1.21. The van der Waals surface area contributed by atoms with E-state index < -0.39 is 11.6 Å². The third-order valence-electron chi connectivity index (χ3n) is 3.94. The SMILES string of the molecule is [B]N1CCC(CCCOc2cc(F)c(C(N)=S)c(F)c2)CC1. The van der Waals surface area contributed by atoms with Gasteiger partial charge in [-0.2, -0.15) is 0 Å². The first-order chi connectivity index (χ1) is 10.5. The van der Waals surface area contributed by atoms with E-state index in [2.05, 4.69) is 12.2 Å². The van der Waals surface area contributed by atoms with Crippen LogP contribution in [0.2, 0.25) is 0 Å². The molecule has 0 saturated carbocycles. The van der Waals surface area contributed by atoms with Crippen molar-refractivity contribution in [3.63, 3.8) is 0 Å². The van der Waals surface area contributed by atoms with Crippen molar-refractivity contribution >= 4 is 25.2 Å². The summed E-state index contributed by atoms with van der Waals surface area (Å²) >= 11 is 4.61. The van der Waals surface area contributed by atoms with Gasteiger partial charge in [-0.15, -0.1) is 0 Å². The second-order valence-corrected chi connectivity index (χ2v) is 6.04. The molecule has 0 atom stereocenters. The maximum Gasteiger partial charge on any atom is 0.182 e. The smallest absolute Gasteiger partial charge is 0.182 e. The Morgan fingerprint density at radius 2 is 1.91 bits per heavy atom. The first-order valence-corrected chi connectivity index (χ1v) is 7.79. The third-order valence-corrected chi connectivity index (χ3v) is 4.14. The van der Waals surface area contributed by atoms with Gasteiger partial charge in [-0.25, -0.2) is 8.78 Å². The number of nitrogens with two attached hydrogens (primary N) is 1. The monoisotopic (exact) mass is 324 g/mol. The lowest BCUT2D eigenvalue weighted by molar-refractivity contribution is 0.241. The van der Waals surface area contributed by atoms with Crippen molar-refractivity contribution in [3.05, 3.63) is 29.3 Å². The Kier molecular flexibility index (Phi) is 6.14. The molecule has 1 heterocycles. The van der Waals surface area contributed by atoms with Crippen LogP contribution in [0.3, 0.4) is 0 Å². The molecule has 118 valence electrons. The minimum Gasteiger partial charge on any atom is -0.493 e. The number of hydrogen-bond donors (Lipinski definition) is 1. The summed E-state index contributed by atoms with van der Waals surface area (Å²) in [7, 11) is 5.71. The zero-order chi connectivity index (χ0) is 16.1. The molecule has 0 amide bonds. The highest BCUT2D eigenvalue weighted by atomic mass is 32.1. The van der Waals surface area contributed by atoms with E-state index >= 15 is 0 Å². The van der Waals surface area contributed by atoms with Crippen LogP contribution in [0.4, 0.5) is 8.78 Å². The zero-order valence-corrected chi connectivity index (χ0v) is 13.2. The van der Waals surface area contributed by atoms with Crippen LogP contribution in [-0.4, -0.2) is 37.5 Å². The number of hydrogen-bond acceptors (Lipinski definition) is 3. The van der Waals surface area contributed by atoms with E-state index in [-0.39, 0.29) is 16.3 Å². The number of ether oxygens (including phenoxy) is 1. The van der Waals surface area contributed by atoms with Crippen molar-refractivity contribution in [2.24, 2.45) is 11.7 Å². The van der Waals surface area contributed by atoms with Crippen LogP contribution >= 0.6 is 12.2 Å². The molecule has 0 bridgehead atoms. The predicted molar refractivity (Wildman–Crippen MR) is 87.0 cm³/mol. The fourth-order valence-corrected chi connectivity index (χ4v) is 2.87. The van der Waals surface area contributed by atoms with Crippen molar-refractivity contribution in [1.82, 2.24) is 4.81 Å². The number of rotatable bonds is 6. The molecule has 2 radical (unpaired) electrons. The minimum absolute atomic E-state index is 0.159. The molecule has 22 heavy (non-hydrogen) atoms. The molecule has 1 aromatic carbocycles. The predicted octanol–water partition coefficient (Wildman–Crippen LogP) is 2.55. The number of benzene rings is 1. The highest BCUT2D eigenvalue weighted by molar-refractivity contribution is 7.80. The molecular formula is C15H19BF2N2OS. The van der Waals surface area contributed by atoms with Gasteiger partial charge in [0.1, 0.15) is 22.4 Å². The first kappa shape index (κ1) is 17.2. The van der Waals surface area contributed by atoms with Gasteiger partial charge in [0.05, 0.1) is 12.2 Å². The molecule has 0 aromatic heterocycles. The molecule has 1 fully saturated rings. The summed E-state index contributed by atoms with van der Waals surface area (Å²) in [4.78, 5) is 1.54. The quantitative estimate of drug-likeness (QED) is 0.496. The maximum absolute atomic E-state index is 13.7. The van der Waals surface area contributed by atoms with Gasteiger partial charge in [-0.1, -0.05) is 12.2 Å². The average molecular weight is 324 g/mol. The van der Waals surface area contributed by atoms with Crippen molar-refractivity contribution in [2.45, 2.75) is 25.7 Å². The van der Waals surface area contributed by atoms with Crippen molar-refractivity contribution in [2.75, 3.05) is 19.7 Å². The summed E-state index contributed by atoms with van der Waals surface area (Å²) in [6.07, 6.45) is 4.05. The molecule has 1 aliphatic rings. The number of halogens is 2. The van der Waals surface area contributed by atoms with E-state index in [0.29, 0.717) is 12.5 Å². The van der Waals surface area contributed by atoms with E-state index in [4.69, 9.17) is 18.5 Å². The highest BCUT2D eigenvalue weighted by Crippen LogP contribution is 2.23. The molecule has 2 rings (SSSR count). The van der Waals surface area contributed by atoms with E-state index in [9.17, 15) is 8.78 Å². The van der Waals surface area contributed by atoms with Crippen LogP contribution in [-0.2, 0) is 0 Å². The van der Waals surface area contributed by atoms with E-state index in [0.717, 1.165) is 50.9 Å². The summed E-state index contributed by atoms with van der Waals surface area (Å²) in [6.45, 7) is 2.26. The van der Waals surface area contributed by atoms with Gasteiger partial charge in [0.15, 0.2) is 7.98 Å². The van der Waals surface area contributed by atoms with Crippen LogP contribution in [0, 0.1) is 17.6 Å². The zero-order valence-electron chi connectivity index (χ0n) is 12.4. The van der Waals surface area contributed by atoms with Crippen LogP contribution in [0.15, 0.2) is 12.1 Å². The summed E-state index contributed by atoms with van der Waals surface area (Å²) in [5.74, 6) is -0.781. The largest absolute Gasteiger partial charge is 0.493 e. The summed E-state index contributed by atoms with van der Waals surface area (Å²) in [6, 6.07) is 2.23. The van der Waals surface area contributed by atoms with E-state index in [1.54, 1.807) is 0 Å². The van der Waals surface area contributed by atoms with E-state index in [1.807, 2.05) is 4.81 Å². The lowest BCUT2D eigenvalue weighted by Crippen LogP contribution is -2.31. The molecule has 0 unspecified atom stereocenters. The van der Waals surface area contributed by atoms with Crippen molar-refractivity contribution in [1.29, 1.82) is 0 Å². The Bertz CT molecular complexity index is 513. The topological polar surface area (TPSA) is 38.5 Å². The molecule has 1 aliphatic heterocycles. The average Bonchev–Trinajstić information content (AvgIpc) is 2.44. The molecular weight excluding hydrogens is 305 g/mol. The Balaban J connectivity index is 1.79. The van der Waals surface area contributed by atoms with Crippen molar-refractivity contribution < 1.29 is 13.5 Å². The molecule has 3 nitrogen and oxygen atoms in total. The number of piperidine rings is 1. The third kappa shape index (κ3) is 4.65. The second-order valence-electron chi connectivity index (χ2n) is 5.60. The number of thiocarbonyl (C=S) groups is 1. The van der Waals surface area contributed by atoms with E-state index in [1.165, 1.54) is 0 Å². The lowest BCUT2D eigenvalue weighted by Gasteiger charge is -2.29. The fourth-order valence-electron chi connectivity index (χ4n) is 2.67. The maximum atomic E-state index is 13.7. The van der Waals surface area contributed by atoms with Gasteiger partial charge in [-0.3, -0.25) is 0 Å². The summed E-state index contributed by atoms with van der Waals surface area (Å²) < 4.78 is 32.8. The Morgan fingerprint density at radius 1 is 1.32 bits per heavy atom. The van der Waals surface area contributed by atoms with Crippen molar-refractivity contribution in [3.8, 4) is 5.75 Å². The number of nitrogens with zero attached hydrogens (tertiary/aromatic N) is 1. The summed E-state index contributed by atoms with van der Waals surface area (Å²) in [5.41, 5.74) is 4.91. The molecule has 1 aromatic rings. The fraction of sp³-hybridized carbons (Fsp3) is 0.533. The van der Waals surface area contributed by atoms with Crippen LogP contribution < -0.4 is 10.5 Å². The molecule has 0 aliphatic carbocycles. The molecule has 1 saturated heterocycles. The van der Waals surface area contributed by atoms with Gasteiger partial charge in [0.25, 0.3) is 0 Å². The van der Waals surface area contributed by atoms with Crippen LogP contribution in [0.25, 0.3) is 0 Å². The highest BCUT2D eigenvalue weighted by Gasteiger charge is 2.16. The minimum atomic E-state index is -0.794. The standard InChI is InChI=1S/C15H19BF2N2OS/c16-20-5-3-10(4-6-20)2-1-7-21-11-8-12(17)14(15(19)22)13(18)9-11/h8-10H,1-7H2,(H2,19,22). The summed E-state index contributed by atoms with van der Waals surface area (Å²) in [5, 5.41) is 0.